The van der Waals surface area contributed by atoms with Crippen molar-refractivity contribution in [2.24, 2.45) is 0 Å². The van der Waals surface area contributed by atoms with Gasteiger partial charge in [0.15, 0.2) is 5.78 Å². The van der Waals surface area contributed by atoms with Crippen molar-refractivity contribution in [1.29, 1.82) is 0 Å². The Morgan fingerprint density at radius 2 is 1.43 bits per heavy atom. The van der Waals surface area contributed by atoms with Gasteiger partial charge < -0.3 is 5.73 Å². The van der Waals surface area contributed by atoms with Crippen LogP contribution in [0.4, 0.5) is 31.3 Å². The Labute approximate surface area is 159 Å². The second-order valence-electron chi connectivity index (χ2n) is 5.87. The average Bonchev–Trinajstić information content (AvgIpc) is 3.01. The molecule has 0 saturated heterocycles. The molecule has 0 aliphatic heterocycles. The predicted molar refractivity (Wildman–Crippen MR) is 94.0 cm³/mol. The number of hydrogen-bond acceptors (Lipinski definition) is 3. The Balaban J connectivity index is 2.09. The quantitative estimate of drug-likeness (QED) is 0.405. The molecule has 0 aliphatic carbocycles. The van der Waals surface area contributed by atoms with Crippen LogP contribution in [-0.2, 0) is 12.4 Å². The zero-order valence-corrected chi connectivity index (χ0v) is 14.7. The molecule has 146 valence electrons. The topological polar surface area (TPSA) is 43.1 Å². The minimum atomic E-state index is -4.64. The minimum Gasteiger partial charge on any atom is -0.390 e. The number of carbonyl (C=O) groups is 1. The number of nitrogen functional groups attached to an aromatic ring is 1. The molecule has 1 aromatic heterocycles. The second kappa shape index (κ2) is 6.97. The molecule has 3 rings (SSSR count). The Bertz CT molecular complexity index is 1040. The molecule has 0 radical (unpaired) electrons. The highest BCUT2D eigenvalue weighted by Gasteiger charge is 2.32. The lowest BCUT2D eigenvalue weighted by molar-refractivity contribution is -0.138. The van der Waals surface area contributed by atoms with Crippen LogP contribution in [0.5, 0.6) is 0 Å². The molecule has 28 heavy (non-hydrogen) atoms. The Morgan fingerprint density at radius 1 is 0.857 bits per heavy atom. The van der Waals surface area contributed by atoms with E-state index < -0.39 is 29.3 Å². The molecule has 1 heterocycles. The van der Waals surface area contributed by atoms with Gasteiger partial charge in [-0.05, 0) is 29.8 Å². The Kier molecular flexibility index (Phi) is 4.97. The Morgan fingerprint density at radius 3 is 2.04 bits per heavy atom. The number of halogens is 6. The number of hydrogen-bond donors (Lipinski definition) is 1. The third-order valence-electron chi connectivity index (χ3n) is 4.00. The number of nitrogens with two attached hydrogens (primary N) is 1. The molecular weight excluding hydrogens is 404 g/mol. The summed E-state index contributed by atoms with van der Waals surface area (Å²) in [4.78, 5) is 12.8. The summed E-state index contributed by atoms with van der Waals surface area (Å²) >= 11 is 0.925. The van der Waals surface area contributed by atoms with E-state index in [1.54, 1.807) is 0 Å². The van der Waals surface area contributed by atoms with Crippen LogP contribution in [0.2, 0.25) is 0 Å². The fraction of sp³-hybridized carbons (Fsp3) is 0.105. The van der Waals surface area contributed by atoms with E-state index in [9.17, 15) is 31.1 Å². The monoisotopic (exact) mass is 415 g/mol. The normalized spacial score (nSPS) is 12.2. The molecular formula is C19H11F6NOS. The number of thiophene rings is 1. The highest BCUT2D eigenvalue weighted by Crippen LogP contribution is 2.38. The van der Waals surface area contributed by atoms with Gasteiger partial charge in [0.1, 0.15) is 0 Å². The first kappa shape index (κ1) is 19.9. The fourth-order valence-electron chi connectivity index (χ4n) is 2.66. The molecule has 2 N–H and O–H groups in total. The smallest absolute Gasteiger partial charge is 0.390 e. The molecule has 0 fully saturated rings. The fourth-order valence-corrected chi connectivity index (χ4v) is 3.48. The number of benzene rings is 2. The van der Waals surface area contributed by atoms with Crippen LogP contribution in [0.3, 0.4) is 0 Å². The standard InChI is InChI=1S/C19H11F6NOS/c20-18(21,22)12-5-1-3-10(7-12)14-9-28-17(26)15(14)16(27)11-4-2-6-13(8-11)19(23,24)25/h1-9H,26H2. The van der Waals surface area contributed by atoms with Gasteiger partial charge in [0.05, 0.1) is 21.7 Å². The molecule has 0 saturated carbocycles. The van der Waals surface area contributed by atoms with Crippen molar-refractivity contribution in [1.82, 2.24) is 0 Å². The Hall–Kier alpha value is -2.81. The van der Waals surface area contributed by atoms with Gasteiger partial charge in [-0.2, -0.15) is 26.3 Å². The van der Waals surface area contributed by atoms with Gasteiger partial charge in [-0.1, -0.05) is 24.3 Å². The number of ketones is 1. The summed E-state index contributed by atoms with van der Waals surface area (Å²) in [5, 5.41) is 1.42. The minimum absolute atomic E-state index is 0.00910. The van der Waals surface area contributed by atoms with Crippen LogP contribution in [0.15, 0.2) is 53.9 Å². The zero-order valence-electron chi connectivity index (χ0n) is 13.9. The summed E-state index contributed by atoms with van der Waals surface area (Å²) in [6.45, 7) is 0. The molecule has 0 unspecified atom stereocenters. The third kappa shape index (κ3) is 3.89. The maximum atomic E-state index is 13.0. The van der Waals surface area contributed by atoms with E-state index in [1.807, 2.05) is 0 Å². The van der Waals surface area contributed by atoms with E-state index in [-0.39, 0.29) is 27.3 Å². The lowest BCUT2D eigenvalue weighted by atomic mass is 9.95. The third-order valence-corrected chi connectivity index (χ3v) is 4.81. The summed E-state index contributed by atoms with van der Waals surface area (Å²) in [6.07, 6.45) is -9.22. The summed E-state index contributed by atoms with van der Waals surface area (Å²) in [5.74, 6) is -0.794. The molecule has 9 heteroatoms. The second-order valence-corrected chi connectivity index (χ2v) is 6.79. The summed E-state index contributed by atoms with van der Waals surface area (Å²) in [7, 11) is 0. The van der Waals surface area contributed by atoms with Gasteiger partial charge in [-0.25, -0.2) is 0 Å². The molecule has 3 aromatic rings. The van der Waals surface area contributed by atoms with Crippen molar-refractivity contribution in [2.75, 3.05) is 5.73 Å². The van der Waals surface area contributed by atoms with Crippen molar-refractivity contribution in [3.05, 3.63) is 76.2 Å². The highest BCUT2D eigenvalue weighted by molar-refractivity contribution is 7.15. The summed E-state index contributed by atoms with van der Waals surface area (Å²) in [6, 6.07) is 8.10. The van der Waals surface area contributed by atoms with Gasteiger partial charge in [0, 0.05) is 16.5 Å². The van der Waals surface area contributed by atoms with Crippen molar-refractivity contribution in [3.63, 3.8) is 0 Å². The highest BCUT2D eigenvalue weighted by atomic mass is 32.1. The SMILES string of the molecule is Nc1scc(-c2cccc(C(F)(F)F)c2)c1C(=O)c1cccc(C(F)(F)F)c1. The maximum absolute atomic E-state index is 13.0. The van der Waals surface area contributed by atoms with E-state index >= 15 is 0 Å². The van der Waals surface area contributed by atoms with Crippen molar-refractivity contribution in [3.8, 4) is 11.1 Å². The van der Waals surface area contributed by atoms with Crippen molar-refractivity contribution < 1.29 is 31.1 Å². The summed E-state index contributed by atoms with van der Waals surface area (Å²) in [5.41, 5.74) is 3.75. The number of rotatable bonds is 3. The first-order chi connectivity index (χ1) is 13.0. The average molecular weight is 415 g/mol. The van der Waals surface area contributed by atoms with Crippen LogP contribution in [0.25, 0.3) is 11.1 Å². The molecule has 2 nitrogen and oxygen atoms in total. The van der Waals surface area contributed by atoms with E-state index in [0.29, 0.717) is 6.07 Å². The van der Waals surface area contributed by atoms with Crippen LogP contribution in [0.1, 0.15) is 27.0 Å². The largest absolute Gasteiger partial charge is 0.416 e. The zero-order chi connectivity index (χ0) is 20.7. The van der Waals surface area contributed by atoms with Gasteiger partial charge in [-0.3, -0.25) is 4.79 Å². The van der Waals surface area contributed by atoms with Gasteiger partial charge >= 0.3 is 12.4 Å². The molecule has 0 amide bonds. The molecule has 0 aliphatic rings. The van der Waals surface area contributed by atoms with Gasteiger partial charge in [0.25, 0.3) is 0 Å². The first-order valence-electron chi connectivity index (χ1n) is 7.75. The van der Waals surface area contributed by atoms with E-state index in [4.69, 9.17) is 5.73 Å². The number of anilines is 1. The van der Waals surface area contributed by atoms with Gasteiger partial charge in [-0.15, -0.1) is 11.3 Å². The predicted octanol–water partition coefficient (Wildman–Crippen LogP) is 6.27. The molecule has 0 bridgehead atoms. The van der Waals surface area contributed by atoms with Gasteiger partial charge in [0.2, 0.25) is 0 Å². The lowest BCUT2D eigenvalue weighted by Crippen LogP contribution is -2.09. The van der Waals surface area contributed by atoms with Crippen LogP contribution < -0.4 is 5.73 Å². The van der Waals surface area contributed by atoms with Crippen molar-refractivity contribution >= 4 is 22.1 Å². The molecule has 2 aromatic carbocycles. The molecule has 0 spiro atoms. The summed E-state index contributed by atoms with van der Waals surface area (Å²) < 4.78 is 77.7. The molecule has 0 atom stereocenters. The van der Waals surface area contributed by atoms with Crippen LogP contribution in [0, 0.1) is 0 Å². The van der Waals surface area contributed by atoms with Crippen LogP contribution >= 0.6 is 11.3 Å². The maximum Gasteiger partial charge on any atom is 0.416 e. The number of carbonyl (C=O) groups excluding carboxylic acids is 1. The van der Waals surface area contributed by atoms with E-state index in [1.165, 1.54) is 23.6 Å². The van der Waals surface area contributed by atoms with E-state index in [2.05, 4.69) is 0 Å². The lowest BCUT2D eigenvalue weighted by Gasteiger charge is -2.11. The number of alkyl halides is 6. The van der Waals surface area contributed by atoms with E-state index in [0.717, 1.165) is 35.6 Å². The van der Waals surface area contributed by atoms with Crippen molar-refractivity contribution in [2.45, 2.75) is 12.4 Å². The first-order valence-corrected chi connectivity index (χ1v) is 8.63. The van der Waals surface area contributed by atoms with Crippen LogP contribution in [-0.4, -0.2) is 5.78 Å².